The summed E-state index contributed by atoms with van der Waals surface area (Å²) < 4.78 is 0. The number of amides is 1. The van der Waals surface area contributed by atoms with E-state index in [2.05, 4.69) is 20.9 Å². The number of nitrogens with zero attached hydrogens (tertiary/aromatic N) is 1. The molecular formula is C12H18N4O3. The van der Waals surface area contributed by atoms with Gasteiger partial charge in [0, 0.05) is 18.2 Å². The summed E-state index contributed by atoms with van der Waals surface area (Å²) in [6.45, 7) is 1.88. The number of aliphatic hydroxyl groups is 2. The van der Waals surface area contributed by atoms with E-state index in [1.54, 1.807) is 6.20 Å². The van der Waals surface area contributed by atoms with Crippen molar-refractivity contribution in [2.45, 2.75) is 37.2 Å². The van der Waals surface area contributed by atoms with Crippen molar-refractivity contribution in [3.8, 4) is 0 Å². The molecule has 0 aromatic rings. The lowest BCUT2D eigenvalue weighted by molar-refractivity contribution is -0.121. The molecule has 3 aliphatic rings. The van der Waals surface area contributed by atoms with Crippen molar-refractivity contribution in [3.63, 3.8) is 0 Å². The van der Waals surface area contributed by atoms with Gasteiger partial charge in [0.05, 0.1) is 25.1 Å². The van der Waals surface area contributed by atoms with Crippen LogP contribution in [-0.4, -0.2) is 59.3 Å². The largest absolute Gasteiger partial charge is 0.395 e. The van der Waals surface area contributed by atoms with Crippen LogP contribution in [0, 0.1) is 5.92 Å². The van der Waals surface area contributed by atoms with Gasteiger partial charge in [-0.3, -0.25) is 9.79 Å². The Kier molecular flexibility index (Phi) is 3.04. The molecule has 0 radical (unpaired) electrons. The van der Waals surface area contributed by atoms with E-state index in [4.69, 9.17) is 0 Å². The Morgan fingerprint density at radius 3 is 2.89 bits per heavy atom. The molecule has 0 saturated carbocycles. The summed E-state index contributed by atoms with van der Waals surface area (Å²) in [7, 11) is 0. The Morgan fingerprint density at radius 1 is 1.42 bits per heavy atom. The van der Waals surface area contributed by atoms with E-state index in [9.17, 15) is 15.0 Å². The van der Waals surface area contributed by atoms with Crippen LogP contribution in [0.4, 0.5) is 0 Å². The second-order valence-corrected chi connectivity index (χ2v) is 5.30. The molecule has 3 aliphatic heterocycles. The van der Waals surface area contributed by atoms with Crippen molar-refractivity contribution < 1.29 is 15.0 Å². The van der Waals surface area contributed by atoms with Crippen LogP contribution >= 0.6 is 0 Å². The van der Waals surface area contributed by atoms with Crippen molar-refractivity contribution in [2.24, 2.45) is 10.9 Å². The third kappa shape index (κ3) is 1.85. The highest BCUT2D eigenvalue weighted by molar-refractivity contribution is 5.95. The highest BCUT2D eigenvalue weighted by Gasteiger charge is 2.47. The SMILES string of the molecule is C[C@H]1[C@@H](O)[C@H](C2=CNC3C(=O)NC=NC23)N[C@@H]1CO. The lowest BCUT2D eigenvalue weighted by Gasteiger charge is -2.25. The van der Waals surface area contributed by atoms with Gasteiger partial charge in [0.2, 0.25) is 5.91 Å². The molecule has 0 aromatic carbocycles. The third-order valence-electron chi connectivity index (χ3n) is 4.28. The number of hydrogen-bond acceptors (Lipinski definition) is 6. The molecule has 1 fully saturated rings. The third-order valence-corrected chi connectivity index (χ3v) is 4.28. The maximum Gasteiger partial charge on any atom is 0.250 e. The van der Waals surface area contributed by atoms with Crippen LogP contribution in [0.1, 0.15) is 6.92 Å². The molecule has 7 nitrogen and oxygen atoms in total. The fourth-order valence-electron chi connectivity index (χ4n) is 3.03. The van der Waals surface area contributed by atoms with E-state index in [-0.39, 0.29) is 36.6 Å². The molecule has 19 heavy (non-hydrogen) atoms. The predicted molar refractivity (Wildman–Crippen MR) is 68.4 cm³/mol. The summed E-state index contributed by atoms with van der Waals surface area (Å²) in [4.78, 5) is 16.0. The quantitative estimate of drug-likeness (QED) is 0.386. The molecule has 1 amide bonds. The van der Waals surface area contributed by atoms with Crippen molar-refractivity contribution in [1.82, 2.24) is 16.0 Å². The molecule has 3 heterocycles. The van der Waals surface area contributed by atoms with Gasteiger partial charge in [-0.2, -0.15) is 0 Å². The summed E-state index contributed by atoms with van der Waals surface area (Å²) in [6.07, 6.45) is 2.56. The number of fused-ring (bicyclic) bond motifs is 1. The van der Waals surface area contributed by atoms with E-state index in [0.717, 1.165) is 5.57 Å². The van der Waals surface area contributed by atoms with Crippen LogP contribution in [0.25, 0.3) is 0 Å². The summed E-state index contributed by atoms with van der Waals surface area (Å²) in [5.41, 5.74) is 0.867. The van der Waals surface area contributed by atoms with Crippen LogP contribution < -0.4 is 16.0 Å². The van der Waals surface area contributed by atoms with Gasteiger partial charge in [-0.05, 0) is 5.57 Å². The monoisotopic (exact) mass is 266 g/mol. The first-order valence-electron chi connectivity index (χ1n) is 6.46. The first kappa shape index (κ1) is 12.6. The van der Waals surface area contributed by atoms with E-state index in [1.807, 2.05) is 6.92 Å². The number of aliphatic imine (C=N–C) groups is 1. The molecule has 3 rings (SSSR count). The number of hydrogen-bond donors (Lipinski definition) is 5. The number of aliphatic hydroxyl groups excluding tert-OH is 2. The summed E-state index contributed by atoms with van der Waals surface area (Å²) in [5.74, 6) is -0.165. The zero-order chi connectivity index (χ0) is 13.6. The van der Waals surface area contributed by atoms with Crippen molar-refractivity contribution >= 4 is 12.2 Å². The van der Waals surface area contributed by atoms with Gasteiger partial charge in [-0.1, -0.05) is 6.92 Å². The van der Waals surface area contributed by atoms with Crippen LogP contribution in [-0.2, 0) is 4.79 Å². The van der Waals surface area contributed by atoms with Gasteiger partial charge < -0.3 is 26.2 Å². The van der Waals surface area contributed by atoms with Gasteiger partial charge in [-0.25, -0.2) is 0 Å². The van der Waals surface area contributed by atoms with Crippen LogP contribution in [0.5, 0.6) is 0 Å². The van der Waals surface area contributed by atoms with E-state index in [0.29, 0.717) is 0 Å². The van der Waals surface area contributed by atoms with Crippen LogP contribution in [0.3, 0.4) is 0 Å². The van der Waals surface area contributed by atoms with Crippen LogP contribution in [0.2, 0.25) is 0 Å². The maximum absolute atomic E-state index is 11.7. The second-order valence-electron chi connectivity index (χ2n) is 5.30. The van der Waals surface area contributed by atoms with Crippen LogP contribution in [0.15, 0.2) is 16.8 Å². The molecule has 0 aromatic heterocycles. The zero-order valence-corrected chi connectivity index (χ0v) is 10.6. The van der Waals surface area contributed by atoms with E-state index < -0.39 is 12.1 Å². The molecule has 104 valence electrons. The van der Waals surface area contributed by atoms with Crippen molar-refractivity contribution in [1.29, 1.82) is 0 Å². The van der Waals surface area contributed by atoms with E-state index in [1.165, 1.54) is 6.34 Å². The fraction of sp³-hybridized carbons (Fsp3) is 0.667. The molecular weight excluding hydrogens is 248 g/mol. The first-order valence-corrected chi connectivity index (χ1v) is 6.46. The first-order chi connectivity index (χ1) is 9.13. The predicted octanol–water partition coefficient (Wildman–Crippen LogP) is -2.30. The van der Waals surface area contributed by atoms with Gasteiger partial charge in [-0.15, -0.1) is 0 Å². The number of carbonyl (C=O) groups is 1. The fourth-order valence-corrected chi connectivity index (χ4v) is 3.03. The summed E-state index contributed by atoms with van der Waals surface area (Å²) in [5, 5.41) is 28.3. The molecule has 7 heteroatoms. The molecule has 1 saturated heterocycles. The smallest absolute Gasteiger partial charge is 0.250 e. The lowest BCUT2D eigenvalue weighted by Crippen LogP contribution is -2.51. The normalized spacial score (nSPS) is 44.6. The van der Waals surface area contributed by atoms with Crippen molar-refractivity contribution in [2.75, 3.05) is 6.61 Å². The minimum atomic E-state index is -0.593. The van der Waals surface area contributed by atoms with Crippen molar-refractivity contribution in [3.05, 3.63) is 11.8 Å². The minimum Gasteiger partial charge on any atom is -0.395 e. The standard InChI is InChI=1S/C12H18N4O3/c1-5-7(3-17)16-9(11(5)18)6-2-13-10-8(6)14-4-15-12(10)19/h2,4-5,7-11,13,16-18H,3H2,1H3,(H,14,15,19)/t5-,7-,8?,9+,10?,11-/m1/s1. The summed E-state index contributed by atoms with van der Waals surface area (Å²) in [6, 6.07) is -1.11. The van der Waals surface area contributed by atoms with E-state index >= 15 is 0 Å². The molecule has 5 N–H and O–H groups in total. The minimum absolute atomic E-state index is 0.0206. The maximum atomic E-state index is 11.7. The molecule has 0 spiro atoms. The number of nitrogens with one attached hydrogen (secondary N) is 3. The molecule has 0 bridgehead atoms. The van der Waals surface area contributed by atoms with Gasteiger partial charge in [0.25, 0.3) is 0 Å². The Balaban J connectivity index is 1.82. The average Bonchev–Trinajstić information content (AvgIpc) is 2.94. The number of carbonyl (C=O) groups excluding carboxylic acids is 1. The Bertz CT molecular complexity index is 450. The summed E-state index contributed by atoms with van der Waals surface area (Å²) >= 11 is 0. The lowest BCUT2D eigenvalue weighted by atomic mass is 9.91. The van der Waals surface area contributed by atoms with Gasteiger partial charge >= 0.3 is 0 Å². The highest BCUT2D eigenvalue weighted by Crippen LogP contribution is 2.31. The highest BCUT2D eigenvalue weighted by atomic mass is 16.3. The van der Waals surface area contributed by atoms with Gasteiger partial charge in [0.15, 0.2) is 0 Å². The Hall–Kier alpha value is -1.44. The molecule has 6 atom stereocenters. The molecule has 2 unspecified atom stereocenters. The molecule has 0 aliphatic carbocycles. The number of rotatable bonds is 2. The van der Waals surface area contributed by atoms with Gasteiger partial charge in [0.1, 0.15) is 12.1 Å². The second kappa shape index (κ2) is 4.59. The Morgan fingerprint density at radius 2 is 2.21 bits per heavy atom. The topological polar surface area (TPSA) is 106 Å². The zero-order valence-electron chi connectivity index (χ0n) is 10.6. The Labute approximate surface area is 110 Å². The average molecular weight is 266 g/mol.